The van der Waals surface area contributed by atoms with E-state index < -0.39 is 8.80 Å². The van der Waals surface area contributed by atoms with Crippen LogP contribution in [0.15, 0.2) is 30.3 Å². The first-order chi connectivity index (χ1) is 11.1. The van der Waals surface area contributed by atoms with Crippen LogP contribution < -0.4 is 11.1 Å². The molecule has 0 spiro atoms. The third kappa shape index (κ3) is 6.70. The molecule has 2 unspecified atom stereocenters. The van der Waals surface area contributed by atoms with E-state index in [1.165, 1.54) is 5.56 Å². The summed E-state index contributed by atoms with van der Waals surface area (Å²) >= 11 is 0. The number of benzene rings is 1. The number of rotatable bonds is 12. The summed E-state index contributed by atoms with van der Waals surface area (Å²) in [5.41, 5.74) is 7.25. The van der Waals surface area contributed by atoms with E-state index in [4.69, 9.17) is 19.0 Å². The van der Waals surface area contributed by atoms with Crippen molar-refractivity contribution in [1.82, 2.24) is 5.32 Å². The van der Waals surface area contributed by atoms with Crippen molar-refractivity contribution >= 4 is 8.80 Å². The van der Waals surface area contributed by atoms with Gasteiger partial charge in [0.25, 0.3) is 0 Å². The molecule has 0 fully saturated rings. The van der Waals surface area contributed by atoms with Crippen LogP contribution in [-0.4, -0.2) is 41.3 Å². The van der Waals surface area contributed by atoms with Crippen LogP contribution in [0.25, 0.3) is 0 Å². The van der Waals surface area contributed by atoms with Crippen molar-refractivity contribution < 1.29 is 13.3 Å². The predicted octanol–water partition coefficient (Wildman–Crippen LogP) is 2.54. The molecule has 0 heterocycles. The van der Waals surface area contributed by atoms with Crippen LogP contribution in [0, 0.1) is 0 Å². The molecule has 0 aliphatic heterocycles. The SMILES string of the molecule is CCO[Si](OCC)(OCC)C(CNC(C)N)Cc1ccccc1. The summed E-state index contributed by atoms with van der Waals surface area (Å²) in [6, 6.07) is 10.4. The van der Waals surface area contributed by atoms with Crippen LogP contribution >= 0.6 is 0 Å². The number of nitrogens with one attached hydrogen (secondary N) is 1. The van der Waals surface area contributed by atoms with Crippen molar-refractivity contribution in [2.45, 2.75) is 45.8 Å². The molecule has 0 saturated carbocycles. The Labute approximate surface area is 141 Å². The van der Waals surface area contributed by atoms with Crippen molar-refractivity contribution in [2.24, 2.45) is 5.73 Å². The molecule has 1 rings (SSSR count). The summed E-state index contributed by atoms with van der Waals surface area (Å²) in [5, 5.41) is 3.32. The molecule has 5 nitrogen and oxygen atoms in total. The van der Waals surface area contributed by atoms with E-state index in [2.05, 4.69) is 29.6 Å². The van der Waals surface area contributed by atoms with Gasteiger partial charge in [0.1, 0.15) is 0 Å². The zero-order valence-electron chi connectivity index (χ0n) is 14.9. The van der Waals surface area contributed by atoms with Crippen molar-refractivity contribution in [1.29, 1.82) is 0 Å². The summed E-state index contributed by atoms with van der Waals surface area (Å²) in [5.74, 6) is 0. The van der Waals surface area contributed by atoms with Gasteiger partial charge in [-0.05, 0) is 39.7 Å². The molecule has 0 aromatic heterocycles. The Hall–Kier alpha value is -0.763. The molecule has 1 aromatic carbocycles. The lowest BCUT2D eigenvalue weighted by Crippen LogP contribution is -2.54. The normalized spacial score (nSPS) is 14.7. The van der Waals surface area contributed by atoms with Crippen molar-refractivity contribution in [3.63, 3.8) is 0 Å². The van der Waals surface area contributed by atoms with Gasteiger partial charge < -0.3 is 24.3 Å². The van der Waals surface area contributed by atoms with Gasteiger partial charge in [0, 0.05) is 31.9 Å². The third-order valence-electron chi connectivity index (χ3n) is 3.55. The maximum absolute atomic E-state index is 6.09. The Bertz CT molecular complexity index is 401. The fraction of sp³-hybridized carbons (Fsp3) is 0.647. The van der Waals surface area contributed by atoms with Gasteiger partial charge in [-0.3, -0.25) is 0 Å². The summed E-state index contributed by atoms with van der Waals surface area (Å²) < 4.78 is 18.3. The second-order valence-electron chi connectivity index (χ2n) is 5.49. The minimum atomic E-state index is -2.79. The van der Waals surface area contributed by atoms with Gasteiger partial charge in [-0.2, -0.15) is 0 Å². The Balaban J connectivity index is 3.03. The summed E-state index contributed by atoms with van der Waals surface area (Å²) in [4.78, 5) is 0. The summed E-state index contributed by atoms with van der Waals surface area (Å²) in [7, 11) is -2.79. The van der Waals surface area contributed by atoms with Gasteiger partial charge in [0.15, 0.2) is 0 Å². The molecule has 0 amide bonds. The van der Waals surface area contributed by atoms with E-state index >= 15 is 0 Å². The Morgan fingerprint density at radius 1 is 1.00 bits per heavy atom. The van der Waals surface area contributed by atoms with Gasteiger partial charge in [-0.1, -0.05) is 30.3 Å². The zero-order chi connectivity index (χ0) is 17.1. The first-order valence-corrected chi connectivity index (χ1v) is 10.3. The molecule has 3 N–H and O–H groups in total. The molecular formula is C17H32N2O3Si. The Morgan fingerprint density at radius 3 is 1.96 bits per heavy atom. The maximum Gasteiger partial charge on any atom is 0.505 e. The average molecular weight is 341 g/mol. The Morgan fingerprint density at radius 2 is 1.52 bits per heavy atom. The first-order valence-electron chi connectivity index (χ1n) is 8.52. The number of hydrogen-bond donors (Lipinski definition) is 2. The lowest BCUT2D eigenvalue weighted by Gasteiger charge is -2.36. The van der Waals surface area contributed by atoms with E-state index in [9.17, 15) is 0 Å². The third-order valence-corrected chi connectivity index (χ3v) is 7.03. The topological polar surface area (TPSA) is 65.7 Å². The van der Waals surface area contributed by atoms with E-state index in [0.717, 1.165) is 6.42 Å². The van der Waals surface area contributed by atoms with Gasteiger partial charge in [-0.25, -0.2) is 0 Å². The van der Waals surface area contributed by atoms with Crippen LogP contribution in [-0.2, 0) is 19.7 Å². The quantitative estimate of drug-likeness (QED) is 0.452. The smallest absolute Gasteiger partial charge is 0.374 e. The number of nitrogens with two attached hydrogens (primary N) is 1. The molecule has 6 heteroatoms. The minimum absolute atomic E-state index is 0.0788. The minimum Gasteiger partial charge on any atom is -0.374 e. The van der Waals surface area contributed by atoms with Gasteiger partial charge in [-0.15, -0.1) is 0 Å². The fourth-order valence-electron chi connectivity index (χ4n) is 2.63. The molecule has 23 heavy (non-hydrogen) atoms. The van der Waals surface area contributed by atoms with Gasteiger partial charge in [0.2, 0.25) is 0 Å². The fourth-order valence-corrected chi connectivity index (χ4v) is 5.65. The van der Waals surface area contributed by atoms with Gasteiger partial charge in [0.05, 0.1) is 6.17 Å². The average Bonchev–Trinajstić information content (AvgIpc) is 2.53. The maximum atomic E-state index is 6.09. The number of hydrogen-bond acceptors (Lipinski definition) is 5. The van der Waals surface area contributed by atoms with Gasteiger partial charge >= 0.3 is 8.80 Å². The first kappa shape index (κ1) is 20.3. The van der Waals surface area contributed by atoms with Crippen LogP contribution in [0.2, 0.25) is 5.54 Å². The summed E-state index contributed by atoms with van der Waals surface area (Å²) in [6.07, 6.45) is 0.761. The highest BCUT2D eigenvalue weighted by Gasteiger charge is 2.48. The van der Waals surface area contributed by atoms with E-state index in [1.54, 1.807) is 0 Å². The lowest BCUT2D eigenvalue weighted by molar-refractivity contribution is 0.0603. The highest BCUT2D eigenvalue weighted by atomic mass is 28.4. The van der Waals surface area contributed by atoms with E-state index in [1.807, 2.05) is 33.8 Å². The van der Waals surface area contributed by atoms with E-state index in [0.29, 0.717) is 26.4 Å². The highest BCUT2D eigenvalue weighted by Crippen LogP contribution is 2.29. The van der Waals surface area contributed by atoms with Crippen molar-refractivity contribution in [3.8, 4) is 0 Å². The largest absolute Gasteiger partial charge is 0.505 e. The molecule has 0 saturated heterocycles. The molecule has 132 valence electrons. The second kappa shape index (κ2) is 10.9. The standard InChI is InChI=1S/C17H32N2O3Si/c1-5-20-23(21-6-2,22-7-3)17(14-19-15(4)18)13-16-11-9-8-10-12-16/h8-12,15,17,19H,5-7,13-14,18H2,1-4H3. The van der Waals surface area contributed by atoms with Crippen molar-refractivity contribution in [2.75, 3.05) is 26.4 Å². The Kier molecular flexibility index (Phi) is 9.62. The lowest BCUT2D eigenvalue weighted by atomic mass is 10.1. The molecular weight excluding hydrogens is 308 g/mol. The predicted molar refractivity (Wildman–Crippen MR) is 96.2 cm³/mol. The van der Waals surface area contributed by atoms with Crippen LogP contribution in [0.1, 0.15) is 33.3 Å². The highest BCUT2D eigenvalue weighted by molar-refractivity contribution is 6.62. The molecule has 2 atom stereocenters. The molecule has 1 aromatic rings. The van der Waals surface area contributed by atoms with Crippen molar-refractivity contribution in [3.05, 3.63) is 35.9 Å². The molecule has 0 aliphatic rings. The molecule has 0 aliphatic carbocycles. The van der Waals surface area contributed by atoms with Crippen LogP contribution in [0.3, 0.4) is 0 Å². The second-order valence-corrected chi connectivity index (χ2v) is 8.38. The monoisotopic (exact) mass is 340 g/mol. The molecule has 0 bridgehead atoms. The molecule has 0 radical (unpaired) electrons. The van der Waals surface area contributed by atoms with Crippen LogP contribution in [0.5, 0.6) is 0 Å². The zero-order valence-corrected chi connectivity index (χ0v) is 15.9. The van der Waals surface area contributed by atoms with E-state index in [-0.39, 0.29) is 11.7 Å². The van der Waals surface area contributed by atoms with Crippen LogP contribution in [0.4, 0.5) is 0 Å². The summed E-state index contributed by atoms with van der Waals surface area (Å²) in [6.45, 7) is 10.3.